The smallest absolute Gasteiger partial charge is 0.117 e. The first-order chi connectivity index (χ1) is 4.77. The second kappa shape index (κ2) is 6.59. The van der Waals surface area contributed by atoms with Crippen LogP contribution in [-0.2, 0) is 4.84 Å². The van der Waals surface area contributed by atoms with Gasteiger partial charge in [0, 0.05) is 6.21 Å². The number of rotatable bonds is 5. The average molecular weight is 143 g/mol. The first-order valence-corrected chi connectivity index (χ1v) is 3.92. The van der Waals surface area contributed by atoms with Crippen LogP contribution in [0, 0.1) is 5.92 Å². The van der Waals surface area contributed by atoms with Gasteiger partial charge in [-0.15, -0.1) is 0 Å². The standard InChI is InChI=1S/C8H17NO/c1-4-5-6-10-9-7-8(2)3/h7-8H,4-6H2,1-3H3. The summed E-state index contributed by atoms with van der Waals surface area (Å²) in [6.07, 6.45) is 4.07. The van der Waals surface area contributed by atoms with Gasteiger partial charge in [0.15, 0.2) is 0 Å². The number of oxime groups is 1. The molecule has 0 saturated heterocycles. The Kier molecular flexibility index (Phi) is 6.24. The molecular formula is C8H17NO. The van der Waals surface area contributed by atoms with Crippen LogP contribution in [0.3, 0.4) is 0 Å². The van der Waals surface area contributed by atoms with E-state index < -0.39 is 0 Å². The minimum atomic E-state index is 0.488. The van der Waals surface area contributed by atoms with Gasteiger partial charge in [-0.25, -0.2) is 0 Å². The molecule has 0 spiro atoms. The summed E-state index contributed by atoms with van der Waals surface area (Å²) in [5, 5.41) is 3.78. The fraction of sp³-hybridized carbons (Fsp3) is 0.875. The molecule has 0 aliphatic rings. The van der Waals surface area contributed by atoms with Crippen LogP contribution in [0.15, 0.2) is 5.16 Å². The summed E-state index contributed by atoms with van der Waals surface area (Å²) in [6, 6.07) is 0. The fourth-order valence-electron chi connectivity index (χ4n) is 0.426. The topological polar surface area (TPSA) is 21.6 Å². The lowest BCUT2D eigenvalue weighted by Crippen LogP contribution is -1.91. The Morgan fingerprint density at radius 3 is 2.70 bits per heavy atom. The Morgan fingerprint density at radius 2 is 2.20 bits per heavy atom. The second-order valence-electron chi connectivity index (χ2n) is 2.69. The van der Waals surface area contributed by atoms with Gasteiger partial charge >= 0.3 is 0 Å². The summed E-state index contributed by atoms with van der Waals surface area (Å²) in [6.45, 7) is 7.04. The zero-order valence-corrected chi connectivity index (χ0v) is 7.13. The maximum absolute atomic E-state index is 4.95. The van der Waals surface area contributed by atoms with Gasteiger partial charge in [0.25, 0.3) is 0 Å². The lowest BCUT2D eigenvalue weighted by molar-refractivity contribution is 0.141. The molecule has 10 heavy (non-hydrogen) atoms. The normalized spacial score (nSPS) is 11.2. The van der Waals surface area contributed by atoms with Crippen LogP contribution in [0.2, 0.25) is 0 Å². The van der Waals surface area contributed by atoms with E-state index in [1.54, 1.807) is 0 Å². The first kappa shape index (κ1) is 9.47. The molecule has 0 unspecified atom stereocenters. The predicted octanol–water partition coefficient (Wildman–Crippen LogP) is 2.44. The van der Waals surface area contributed by atoms with Gasteiger partial charge in [0.2, 0.25) is 0 Å². The van der Waals surface area contributed by atoms with Crippen molar-refractivity contribution in [2.45, 2.75) is 33.6 Å². The molecule has 0 N–H and O–H groups in total. The zero-order chi connectivity index (χ0) is 7.82. The van der Waals surface area contributed by atoms with Gasteiger partial charge in [0.1, 0.15) is 6.61 Å². The van der Waals surface area contributed by atoms with Crippen LogP contribution in [0.25, 0.3) is 0 Å². The molecule has 0 aliphatic heterocycles. The lowest BCUT2D eigenvalue weighted by atomic mass is 10.3. The summed E-state index contributed by atoms with van der Waals surface area (Å²) in [4.78, 5) is 4.95. The molecule has 2 nitrogen and oxygen atoms in total. The number of hydrogen-bond donors (Lipinski definition) is 0. The fourth-order valence-corrected chi connectivity index (χ4v) is 0.426. The highest BCUT2D eigenvalue weighted by molar-refractivity contribution is 5.58. The molecule has 60 valence electrons. The third-order valence-corrected chi connectivity index (χ3v) is 1.02. The summed E-state index contributed by atoms with van der Waals surface area (Å²) < 4.78 is 0. The first-order valence-electron chi connectivity index (χ1n) is 3.92. The molecule has 0 aromatic rings. The molecule has 0 amide bonds. The summed E-state index contributed by atoms with van der Waals surface area (Å²) >= 11 is 0. The van der Waals surface area contributed by atoms with Crippen molar-refractivity contribution in [2.75, 3.05) is 6.61 Å². The monoisotopic (exact) mass is 143 g/mol. The average Bonchev–Trinajstić information content (AvgIpc) is 1.87. The van der Waals surface area contributed by atoms with Crippen molar-refractivity contribution in [2.24, 2.45) is 11.1 Å². The van der Waals surface area contributed by atoms with E-state index >= 15 is 0 Å². The highest BCUT2D eigenvalue weighted by atomic mass is 16.6. The van der Waals surface area contributed by atoms with Gasteiger partial charge in [-0.3, -0.25) is 0 Å². The molecule has 0 bridgehead atoms. The second-order valence-corrected chi connectivity index (χ2v) is 2.69. The molecule has 0 aromatic carbocycles. The van der Waals surface area contributed by atoms with Crippen LogP contribution >= 0.6 is 0 Å². The molecule has 2 heteroatoms. The third-order valence-electron chi connectivity index (χ3n) is 1.02. The van der Waals surface area contributed by atoms with E-state index in [1.165, 1.54) is 0 Å². The third kappa shape index (κ3) is 7.47. The maximum atomic E-state index is 4.95. The molecule has 0 saturated carbocycles. The van der Waals surface area contributed by atoms with E-state index in [0.29, 0.717) is 5.92 Å². The van der Waals surface area contributed by atoms with Crippen molar-refractivity contribution >= 4 is 6.21 Å². The number of unbranched alkanes of at least 4 members (excludes halogenated alkanes) is 1. The molecule has 0 fully saturated rings. The van der Waals surface area contributed by atoms with Gasteiger partial charge in [0.05, 0.1) is 0 Å². The van der Waals surface area contributed by atoms with Crippen molar-refractivity contribution in [3.8, 4) is 0 Å². The number of hydrogen-bond acceptors (Lipinski definition) is 2. The zero-order valence-electron chi connectivity index (χ0n) is 7.13. The van der Waals surface area contributed by atoms with Crippen LogP contribution in [0.4, 0.5) is 0 Å². The van der Waals surface area contributed by atoms with Gasteiger partial charge in [-0.05, 0) is 12.3 Å². The highest BCUT2D eigenvalue weighted by Crippen LogP contribution is 1.89. The van der Waals surface area contributed by atoms with Crippen LogP contribution in [0.1, 0.15) is 33.6 Å². The van der Waals surface area contributed by atoms with Crippen molar-refractivity contribution in [3.63, 3.8) is 0 Å². The van der Waals surface area contributed by atoms with E-state index in [4.69, 9.17) is 4.84 Å². The molecular weight excluding hydrogens is 126 g/mol. The van der Waals surface area contributed by atoms with Gasteiger partial charge < -0.3 is 4.84 Å². The summed E-state index contributed by atoms with van der Waals surface area (Å²) in [5.74, 6) is 0.488. The molecule has 0 atom stereocenters. The molecule has 0 rings (SSSR count). The quantitative estimate of drug-likeness (QED) is 0.329. The van der Waals surface area contributed by atoms with E-state index in [1.807, 2.05) is 6.21 Å². The van der Waals surface area contributed by atoms with E-state index in [9.17, 15) is 0 Å². The van der Waals surface area contributed by atoms with E-state index in [-0.39, 0.29) is 0 Å². The molecule has 0 aromatic heterocycles. The van der Waals surface area contributed by atoms with Gasteiger partial charge in [-0.1, -0.05) is 32.3 Å². The Balaban J connectivity index is 3.02. The minimum Gasteiger partial charge on any atom is -0.396 e. The van der Waals surface area contributed by atoms with Crippen LogP contribution < -0.4 is 0 Å². The Morgan fingerprint density at radius 1 is 1.50 bits per heavy atom. The molecule has 0 radical (unpaired) electrons. The largest absolute Gasteiger partial charge is 0.396 e. The summed E-state index contributed by atoms with van der Waals surface area (Å²) in [7, 11) is 0. The van der Waals surface area contributed by atoms with Crippen LogP contribution in [0.5, 0.6) is 0 Å². The Labute approximate surface area is 63.3 Å². The Hall–Kier alpha value is -0.530. The molecule has 0 aliphatic carbocycles. The lowest BCUT2D eigenvalue weighted by Gasteiger charge is -1.96. The minimum absolute atomic E-state index is 0.488. The van der Waals surface area contributed by atoms with Crippen molar-refractivity contribution < 1.29 is 4.84 Å². The predicted molar refractivity (Wildman–Crippen MR) is 44.2 cm³/mol. The Bertz CT molecular complexity index is 89.3. The van der Waals surface area contributed by atoms with Crippen molar-refractivity contribution in [1.82, 2.24) is 0 Å². The van der Waals surface area contributed by atoms with Crippen molar-refractivity contribution in [3.05, 3.63) is 0 Å². The van der Waals surface area contributed by atoms with Crippen LogP contribution in [-0.4, -0.2) is 12.8 Å². The van der Waals surface area contributed by atoms with E-state index in [2.05, 4.69) is 25.9 Å². The van der Waals surface area contributed by atoms with E-state index in [0.717, 1.165) is 19.4 Å². The highest BCUT2D eigenvalue weighted by Gasteiger charge is 1.84. The maximum Gasteiger partial charge on any atom is 0.117 e. The molecule has 0 heterocycles. The SMILES string of the molecule is CCCCON=CC(C)C. The number of nitrogens with zero attached hydrogens (tertiary/aromatic N) is 1. The van der Waals surface area contributed by atoms with Gasteiger partial charge in [-0.2, -0.15) is 0 Å². The summed E-state index contributed by atoms with van der Waals surface area (Å²) in [5.41, 5.74) is 0. The van der Waals surface area contributed by atoms with Crippen molar-refractivity contribution in [1.29, 1.82) is 0 Å².